The molecule has 18 heavy (non-hydrogen) atoms. The minimum atomic E-state index is -1.14. The molecule has 2 rings (SSSR count). The third-order valence-electron chi connectivity index (χ3n) is 3.11. The molecule has 0 amide bonds. The van der Waals surface area contributed by atoms with Crippen molar-refractivity contribution in [1.82, 2.24) is 0 Å². The lowest BCUT2D eigenvalue weighted by atomic mass is 10.0. The number of methoxy groups -OCH3 is 1. The third kappa shape index (κ3) is 2.24. The molecule has 0 radical (unpaired) electrons. The van der Waals surface area contributed by atoms with Gasteiger partial charge >= 0.3 is 5.97 Å². The van der Waals surface area contributed by atoms with Crippen molar-refractivity contribution in [3.8, 4) is 0 Å². The highest BCUT2D eigenvalue weighted by atomic mass is 16.7. The molecule has 2 aliphatic heterocycles. The van der Waals surface area contributed by atoms with Gasteiger partial charge in [-0.1, -0.05) is 0 Å². The quantitative estimate of drug-likeness (QED) is 0.604. The normalized spacial score (nSPS) is 42.4. The Balaban J connectivity index is 2.20. The van der Waals surface area contributed by atoms with Gasteiger partial charge in [-0.05, 0) is 13.8 Å². The third-order valence-corrected chi connectivity index (χ3v) is 3.11. The van der Waals surface area contributed by atoms with Crippen LogP contribution in [0.4, 0.5) is 0 Å². The molecule has 7 nitrogen and oxygen atoms in total. The van der Waals surface area contributed by atoms with Crippen molar-refractivity contribution in [1.29, 1.82) is 0 Å². The lowest BCUT2D eigenvalue weighted by Crippen LogP contribution is -2.56. The van der Waals surface area contributed by atoms with Gasteiger partial charge in [0.1, 0.15) is 24.4 Å². The molecule has 2 saturated heterocycles. The minimum Gasteiger partial charge on any atom is -0.467 e. The Morgan fingerprint density at radius 1 is 1.33 bits per heavy atom. The summed E-state index contributed by atoms with van der Waals surface area (Å²) in [6, 6.07) is 0. The molecule has 0 unspecified atom stereocenters. The van der Waals surface area contributed by atoms with Crippen LogP contribution in [0.25, 0.3) is 0 Å². The van der Waals surface area contributed by atoms with E-state index in [4.69, 9.17) is 14.2 Å². The van der Waals surface area contributed by atoms with Gasteiger partial charge in [0.25, 0.3) is 0 Å². The molecule has 104 valence electrons. The van der Waals surface area contributed by atoms with Crippen molar-refractivity contribution in [2.24, 2.45) is 0 Å². The maximum Gasteiger partial charge on any atom is 0.337 e. The number of hydrogen-bond acceptors (Lipinski definition) is 7. The lowest BCUT2D eigenvalue weighted by molar-refractivity contribution is -0.331. The van der Waals surface area contributed by atoms with Crippen LogP contribution in [-0.2, 0) is 23.7 Å². The fourth-order valence-corrected chi connectivity index (χ4v) is 2.37. The molecule has 0 saturated carbocycles. The Labute approximate surface area is 105 Å². The highest BCUT2D eigenvalue weighted by Gasteiger charge is 2.56. The number of ether oxygens (including phenoxy) is 4. The number of hydrogen-bond donors (Lipinski definition) is 2. The SMILES string of the molecule is COC(=O)[C@@H]1O[C@H]2[C@H](OC(C)(C)O[C@@H]2CO)[C@H]1O. The van der Waals surface area contributed by atoms with Crippen molar-refractivity contribution >= 4 is 5.97 Å². The second-order valence-electron chi connectivity index (χ2n) is 4.86. The topological polar surface area (TPSA) is 94.5 Å². The molecule has 2 fully saturated rings. The van der Waals surface area contributed by atoms with Gasteiger partial charge in [-0.15, -0.1) is 0 Å². The monoisotopic (exact) mass is 262 g/mol. The number of aliphatic hydroxyl groups excluding tert-OH is 2. The van der Waals surface area contributed by atoms with Crippen molar-refractivity contribution in [2.75, 3.05) is 13.7 Å². The highest BCUT2D eigenvalue weighted by Crippen LogP contribution is 2.36. The first-order valence-corrected chi connectivity index (χ1v) is 5.77. The van der Waals surface area contributed by atoms with Gasteiger partial charge in [0, 0.05) is 0 Å². The largest absolute Gasteiger partial charge is 0.467 e. The Morgan fingerprint density at radius 2 is 2.00 bits per heavy atom. The van der Waals surface area contributed by atoms with Crippen molar-refractivity contribution < 1.29 is 34.0 Å². The summed E-state index contributed by atoms with van der Waals surface area (Å²) in [6.07, 6.45) is -4.32. The summed E-state index contributed by atoms with van der Waals surface area (Å²) in [5, 5.41) is 19.3. The standard InChI is InChI=1S/C11H18O7/c1-11(2)17-5(4-12)7-8(18-11)6(13)9(16-7)10(14)15-3/h5-9,12-13H,4H2,1-3H3/t5-,6-,7-,8-,9-/m1/s1. The maximum absolute atomic E-state index is 11.5. The van der Waals surface area contributed by atoms with E-state index in [1.165, 1.54) is 7.11 Å². The van der Waals surface area contributed by atoms with Gasteiger partial charge in [0.15, 0.2) is 11.9 Å². The summed E-state index contributed by atoms with van der Waals surface area (Å²) in [5.74, 6) is -1.63. The second kappa shape index (κ2) is 4.75. The Morgan fingerprint density at radius 3 is 2.56 bits per heavy atom. The zero-order valence-corrected chi connectivity index (χ0v) is 10.5. The van der Waals surface area contributed by atoms with E-state index in [1.807, 2.05) is 0 Å². The smallest absolute Gasteiger partial charge is 0.337 e. The average Bonchev–Trinajstić information content (AvgIpc) is 2.64. The van der Waals surface area contributed by atoms with Crippen LogP contribution in [0.5, 0.6) is 0 Å². The van der Waals surface area contributed by atoms with Crippen LogP contribution < -0.4 is 0 Å². The maximum atomic E-state index is 11.5. The molecule has 0 aromatic carbocycles. The van der Waals surface area contributed by atoms with E-state index in [0.717, 1.165) is 0 Å². The minimum absolute atomic E-state index is 0.283. The van der Waals surface area contributed by atoms with Gasteiger partial charge in [-0.2, -0.15) is 0 Å². The van der Waals surface area contributed by atoms with E-state index in [-0.39, 0.29) is 6.61 Å². The molecule has 2 N–H and O–H groups in total. The summed E-state index contributed by atoms with van der Waals surface area (Å²) in [6.45, 7) is 3.06. The molecule has 7 heteroatoms. The van der Waals surface area contributed by atoms with Gasteiger partial charge in [-0.25, -0.2) is 4.79 Å². The lowest BCUT2D eigenvalue weighted by Gasteiger charge is -2.42. The first kappa shape index (κ1) is 13.7. The predicted octanol–water partition coefficient (Wildman–Crippen LogP) is -1.20. The van der Waals surface area contributed by atoms with Gasteiger partial charge in [0.05, 0.1) is 13.7 Å². The van der Waals surface area contributed by atoms with Crippen LogP contribution in [0.2, 0.25) is 0 Å². The zero-order chi connectivity index (χ0) is 13.5. The van der Waals surface area contributed by atoms with Gasteiger partial charge in [0.2, 0.25) is 0 Å². The fraction of sp³-hybridized carbons (Fsp3) is 0.909. The first-order valence-electron chi connectivity index (χ1n) is 5.77. The summed E-state index contributed by atoms with van der Waals surface area (Å²) >= 11 is 0. The highest BCUT2D eigenvalue weighted by molar-refractivity contribution is 5.76. The summed E-state index contributed by atoms with van der Waals surface area (Å²) in [4.78, 5) is 11.5. The van der Waals surface area contributed by atoms with Gasteiger partial charge in [-0.3, -0.25) is 0 Å². The number of aliphatic hydroxyl groups is 2. The summed E-state index contributed by atoms with van der Waals surface area (Å²) in [5.41, 5.74) is 0. The molecule has 2 heterocycles. The van der Waals surface area contributed by atoms with E-state index in [2.05, 4.69) is 4.74 Å². The molecule has 0 aliphatic carbocycles. The van der Waals surface area contributed by atoms with Crippen molar-refractivity contribution in [3.63, 3.8) is 0 Å². The number of rotatable bonds is 2. The molecule has 0 bridgehead atoms. The van der Waals surface area contributed by atoms with Crippen molar-refractivity contribution in [3.05, 3.63) is 0 Å². The molecule has 2 aliphatic rings. The van der Waals surface area contributed by atoms with E-state index in [1.54, 1.807) is 13.8 Å². The molecule has 5 atom stereocenters. The second-order valence-corrected chi connectivity index (χ2v) is 4.86. The molecule has 0 aromatic heterocycles. The first-order chi connectivity index (χ1) is 8.39. The van der Waals surface area contributed by atoms with Crippen LogP contribution >= 0.6 is 0 Å². The number of fused-ring (bicyclic) bond motifs is 1. The van der Waals surface area contributed by atoms with Crippen LogP contribution in [-0.4, -0.2) is 66.2 Å². The van der Waals surface area contributed by atoms with Gasteiger partial charge < -0.3 is 29.2 Å². The van der Waals surface area contributed by atoms with Crippen LogP contribution in [0, 0.1) is 0 Å². The Kier molecular flexibility index (Phi) is 3.61. The van der Waals surface area contributed by atoms with Crippen molar-refractivity contribution in [2.45, 2.75) is 50.2 Å². The number of carbonyl (C=O) groups excluding carboxylic acids is 1. The Bertz CT molecular complexity index is 329. The fourth-order valence-electron chi connectivity index (χ4n) is 2.37. The number of carbonyl (C=O) groups is 1. The van der Waals surface area contributed by atoms with E-state index in [0.29, 0.717) is 0 Å². The molecule has 0 aromatic rings. The van der Waals surface area contributed by atoms with E-state index >= 15 is 0 Å². The zero-order valence-electron chi connectivity index (χ0n) is 10.5. The average molecular weight is 262 g/mol. The van der Waals surface area contributed by atoms with Crippen LogP contribution in [0.1, 0.15) is 13.8 Å². The van der Waals surface area contributed by atoms with E-state index < -0.39 is 42.3 Å². The Hall–Kier alpha value is -0.730. The molecular weight excluding hydrogens is 244 g/mol. The predicted molar refractivity (Wildman–Crippen MR) is 57.6 cm³/mol. The summed E-state index contributed by atoms with van der Waals surface area (Å²) in [7, 11) is 1.21. The molecule has 0 spiro atoms. The van der Waals surface area contributed by atoms with E-state index in [9.17, 15) is 15.0 Å². The molecular formula is C11H18O7. The van der Waals surface area contributed by atoms with Crippen LogP contribution in [0.3, 0.4) is 0 Å². The summed E-state index contributed by atoms with van der Waals surface area (Å²) < 4.78 is 21.0. The van der Waals surface area contributed by atoms with Crippen LogP contribution in [0.15, 0.2) is 0 Å². The number of esters is 1.